The lowest BCUT2D eigenvalue weighted by Gasteiger charge is -2.06. The number of rotatable bonds is 4. The molecule has 0 spiro atoms. The highest BCUT2D eigenvalue weighted by Crippen LogP contribution is 2.22. The largest absolute Gasteiger partial charge is 0.380 e. The average Bonchev–Trinajstić information content (AvgIpc) is 2.18. The van der Waals surface area contributed by atoms with E-state index in [4.69, 9.17) is 22.1 Å². The quantitative estimate of drug-likeness (QED) is 0.831. The van der Waals surface area contributed by atoms with Crippen molar-refractivity contribution < 1.29 is 4.74 Å². The molecule has 14 heavy (non-hydrogen) atoms. The third-order valence-corrected chi connectivity index (χ3v) is 2.19. The van der Waals surface area contributed by atoms with Gasteiger partial charge >= 0.3 is 0 Å². The number of benzene rings is 1. The molecule has 3 heteroatoms. The van der Waals surface area contributed by atoms with Crippen molar-refractivity contribution in [3.63, 3.8) is 0 Å². The summed E-state index contributed by atoms with van der Waals surface area (Å²) < 4.78 is 5.08. The summed E-state index contributed by atoms with van der Waals surface area (Å²) in [5.41, 5.74) is 7.45. The molecule has 0 aliphatic carbocycles. The van der Waals surface area contributed by atoms with Gasteiger partial charge in [-0.15, -0.1) is 0 Å². The molecule has 0 heterocycles. The van der Waals surface area contributed by atoms with E-state index in [-0.39, 0.29) is 0 Å². The minimum Gasteiger partial charge on any atom is -0.380 e. The van der Waals surface area contributed by atoms with Gasteiger partial charge < -0.3 is 10.5 Å². The van der Waals surface area contributed by atoms with Gasteiger partial charge in [-0.05, 0) is 17.2 Å². The van der Waals surface area contributed by atoms with Gasteiger partial charge in [0, 0.05) is 18.7 Å². The van der Waals surface area contributed by atoms with E-state index in [2.05, 4.69) is 0 Å². The van der Waals surface area contributed by atoms with Crippen molar-refractivity contribution in [2.24, 2.45) is 5.73 Å². The van der Waals surface area contributed by atoms with Gasteiger partial charge in [0.1, 0.15) is 0 Å². The van der Waals surface area contributed by atoms with Crippen molar-refractivity contribution in [3.05, 3.63) is 40.4 Å². The van der Waals surface area contributed by atoms with Crippen LogP contribution in [0.25, 0.3) is 6.08 Å². The summed E-state index contributed by atoms with van der Waals surface area (Å²) in [6.45, 7) is 1.07. The standard InChI is InChI=1S/C11H14ClNO/c1-14-8-9-4-2-6-11(12)10(9)5-3-7-13/h2-6H,7-8,13H2,1H3/b5-3+. The fourth-order valence-corrected chi connectivity index (χ4v) is 1.49. The number of ether oxygens (including phenoxy) is 1. The van der Waals surface area contributed by atoms with Crippen LogP contribution >= 0.6 is 11.6 Å². The normalized spacial score (nSPS) is 11.1. The van der Waals surface area contributed by atoms with E-state index in [0.717, 1.165) is 16.1 Å². The van der Waals surface area contributed by atoms with Gasteiger partial charge in [-0.2, -0.15) is 0 Å². The highest BCUT2D eigenvalue weighted by molar-refractivity contribution is 6.32. The van der Waals surface area contributed by atoms with Gasteiger partial charge in [-0.3, -0.25) is 0 Å². The van der Waals surface area contributed by atoms with Crippen LogP contribution < -0.4 is 5.73 Å². The molecular weight excluding hydrogens is 198 g/mol. The molecule has 2 N–H and O–H groups in total. The maximum Gasteiger partial charge on any atom is 0.0719 e. The number of hydrogen-bond acceptors (Lipinski definition) is 2. The molecule has 0 unspecified atom stereocenters. The van der Waals surface area contributed by atoms with Gasteiger partial charge in [0.25, 0.3) is 0 Å². The van der Waals surface area contributed by atoms with Crippen molar-refractivity contribution in [2.75, 3.05) is 13.7 Å². The van der Waals surface area contributed by atoms with Crippen molar-refractivity contribution in [1.82, 2.24) is 0 Å². The van der Waals surface area contributed by atoms with Gasteiger partial charge in [-0.25, -0.2) is 0 Å². The lowest BCUT2D eigenvalue weighted by Crippen LogP contribution is -1.95. The van der Waals surface area contributed by atoms with Gasteiger partial charge in [-0.1, -0.05) is 35.9 Å². The van der Waals surface area contributed by atoms with Gasteiger partial charge in [0.05, 0.1) is 6.61 Å². The fourth-order valence-electron chi connectivity index (χ4n) is 1.24. The Kier molecular flexibility index (Phi) is 4.66. The number of nitrogens with two attached hydrogens (primary N) is 1. The molecule has 0 fully saturated rings. The Balaban J connectivity index is 3.02. The van der Waals surface area contributed by atoms with Crippen LogP contribution in [0.1, 0.15) is 11.1 Å². The minimum atomic E-state index is 0.512. The first-order valence-electron chi connectivity index (χ1n) is 4.42. The van der Waals surface area contributed by atoms with Crippen LogP contribution in [0.2, 0.25) is 5.02 Å². The molecule has 0 amide bonds. The summed E-state index contributed by atoms with van der Waals surface area (Å²) in [6.07, 6.45) is 3.80. The Morgan fingerprint density at radius 2 is 2.29 bits per heavy atom. The molecule has 1 aromatic rings. The second kappa shape index (κ2) is 5.81. The molecular formula is C11H14ClNO. The Morgan fingerprint density at radius 3 is 2.93 bits per heavy atom. The van der Waals surface area contributed by atoms with Crippen molar-refractivity contribution in [3.8, 4) is 0 Å². The van der Waals surface area contributed by atoms with Crippen molar-refractivity contribution in [1.29, 1.82) is 0 Å². The summed E-state index contributed by atoms with van der Waals surface area (Å²) in [4.78, 5) is 0. The maximum absolute atomic E-state index is 6.05. The average molecular weight is 212 g/mol. The van der Waals surface area contributed by atoms with Gasteiger partial charge in [0.2, 0.25) is 0 Å². The molecule has 0 saturated carbocycles. The van der Waals surface area contributed by atoms with E-state index >= 15 is 0 Å². The zero-order valence-electron chi connectivity index (χ0n) is 8.16. The number of halogens is 1. The van der Waals surface area contributed by atoms with Crippen LogP contribution in [0, 0.1) is 0 Å². The Hall–Kier alpha value is -0.830. The predicted octanol–water partition coefficient (Wildman–Crippen LogP) is 2.46. The van der Waals surface area contributed by atoms with Crippen LogP contribution in [0.3, 0.4) is 0 Å². The molecule has 0 atom stereocenters. The minimum absolute atomic E-state index is 0.512. The van der Waals surface area contributed by atoms with Crippen LogP contribution in [0.15, 0.2) is 24.3 Å². The number of hydrogen-bond donors (Lipinski definition) is 1. The number of methoxy groups -OCH3 is 1. The summed E-state index contributed by atoms with van der Waals surface area (Å²) >= 11 is 6.05. The summed E-state index contributed by atoms with van der Waals surface area (Å²) in [5.74, 6) is 0. The van der Waals surface area contributed by atoms with E-state index in [9.17, 15) is 0 Å². The van der Waals surface area contributed by atoms with E-state index in [1.165, 1.54) is 0 Å². The first-order valence-corrected chi connectivity index (χ1v) is 4.80. The van der Waals surface area contributed by atoms with Gasteiger partial charge in [0.15, 0.2) is 0 Å². The molecule has 2 nitrogen and oxygen atoms in total. The van der Waals surface area contributed by atoms with Crippen molar-refractivity contribution in [2.45, 2.75) is 6.61 Å². The lowest BCUT2D eigenvalue weighted by atomic mass is 10.1. The second-order valence-corrected chi connectivity index (χ2v) is 3.29. The smallest absolute Gasteiger partial charge is 0.0719 e. The van der Waals surface area contributed by atoms with Crippen molar-refractivity contribution >= 4 is 17.7 Å². The zero-order valence-corrected chi connectivity index (χ0v) is 8.92. The Morgan fingerprint density at radius 1 is 1.50 bits per heavy atom. The molecule has 0 aliphatic heterocycles. The molecule has 0 aromatic heterocycles. The molecule has 0 aliphatic rings. The van der Waals surface area contributed by atoms with Crippen LogP contribution in [-0.2, 0) is 11.3 Å². The molecule has 0 radical (unpaired) electrons. The topological polar surface area (TPSA) is 35.2 Å². The van der Waals surface area contributed by atoms with Crippen LogP contribution in [0.4, 0.5) is 0 Å². The molecule has 76 valence electrons. The third-order valence-electron chi connectivity index (χ3n) is 1.86. The highest BCUT2D eigenvalue weighted by atomic mass is 35.5. The van der Waals surface area contributed by atoms with E-state index in [1.807, 2.05) is 30.4 Å². The summed E-state index contributed by atoms with van der Waals surface area (Å²) in [7, 11) is 1.66. The van der Waals surface area contributed by atoms with Crippen LogP contribution in [0.5, 0.6) is 0 Å². The van der Waals surface area contributed by atoms with E-state index in [0.29, 0.717) is 13.2 Å². The first-order chi connectivity index (χ1) is 6.79. The highest BCUT2D eigenvalue weighted by Gasteiger charge is 2.02. The monoisotopic (exact) mass is 211 g/mol. The molecule has 1 rings (SSSR count). The Bertz CT molecular complexity index is 323. The third kappa shape index (κ3) is 2.84. The summed E-state index contributed by atoms with van der Waals surface area (Å²) in [6, 6.07) is 5.76. The fraction of sp³-hybridized carbons (Fsp3) is 0.273. The molecule has 0 bridgehead atoms. The van der Waals surface area contributed by atoms with E-state index < -0.39 is 0 Å². The second-order valence-electron chi connectivity index (χ2n) is 2.88. The first kappa shape index (κ1) is 11.2. The lowest BCUT2D eigenvalue weighted by molar-refractivity contribution is 0.185. The molecule has 0 saturated heterocycles. The molecule has 1 aromatic carbocycles. The zero-order chi connectivity index (χ0) is 10.4. The maximum atomic E-state index is 6.05. The predicted molar refractivity (Wildman–Crippen MR) is 60.3 cm³/mol. The Labute approximate surface area is 89.3 Å². The summed E-state index contributed by atoms with van der Waals surface area (Å²) in [5, 5.41) is 0.726. The van der Waals surface area contributed by atoms with Crippen LogP contribution in [-0.4, -0.2) is 13.7 Å². The SMILES string of the molecule is COCc1cccc(Cl)c1/C=C/CN. The van der Waals surface area contributed by atoms with E-state index in [1.54, 1.807) is 7.11 Å².